The van der Waals surface area contributed by atoms with Gasteiger partial charge in [0.1, 0.15) is 4.60 Å². The monoisotopic (exact) mass is 528 g/mol. The zero-order valence-electron chi connectivity index (χ0n) is 17.5. The number of nitrogens with one attached hydrogen (secondary N) is 1. The second kappa shape index (κ2) is 11.7. The molecule has 0 aliphatic carbocycles. The molecular formula is C21H16BrF2LiN4O3S. The van der Waals surface area contributed by atoms with Gasteiger partial charge >= 0.3 is 30.0 Å². The summed E-state index contributed by atoms with van der Waals surface area (Å²) in [6.45, 7) is -1.02. The van der Waals surface area contributed by atoms with Crippen molar-refractivity contribution in [2.24, 2.45) is 0 Å². The van der Waals surface area contributed by atoms with Crippen LogP contribution in [0.5, 0.6) is 0 Å². The van der Waals surface area contributed by atoms with Gasteiger partial charge in [0, 0.05) is 11.8 Å². The molecule has 0 aliphatic heterocycles. The number of carbonyl (C=O) groups excluding carboxylic acids is 2. The number of alkyl halides is 2. The molecule has 0 aliphatic rings. The molecule has 1 N–H and O–H groups in total. The van der Waals surface area contributed by atoms with Crippen molar-refractivity contribution in [2.45, 2.75) is 29.7 Å². The van der Waals surface area contributed by atoms with Crippen LogP contribution >= 0.6 is 27.7 Å². The first kappa shape index (κ1) is 26.9. The third kappa shape index (κ3) is 6.36. The van der Waals surface area contributed by atoms with Crippen LogP contribution in [0.15, 0.2) is 52.4 Å². The standard InChI is InChI=1S/C21H17BrF2N4O3S.Li/c22-17-11-27-20(32-21(23,24)19(31)26-12-18(29)30)28(17)16-9-8-13(5-3-4-10-25)14-6-1-2-7-15(14)16;/h1-2,6-9,11H,3-5,12H2,(H,26,31)(H,29,30);/q;+1/p-1. The molecule has 0 fully saturated rings. The molecule has 0 saturated carbocycles. The molecule has 2 aromatic carbocycles. The molecule has 3 aromatic rings. The number of thioether (sulfide) groups is 1. The number of fused-ring (bicyclic) bond motifs is 1. The Labute approximate surface area is 212 Å². The third-order valence-electron chi connectivity index (χ3n) is 4.53. The van der Waals surface area contributed by atoms with Crippen molar-refractivity contribution >= 4 is 50.3 Å². The molecule has 0 atom stereocenters. The number of carbonyl (C=O) groups is 2. The van der Waals surface area contributed by atoms with Crippen molar-refractivity contribution in [1.29, 1.82) is 5.26 Å². The van der Waals surface area contributed by atoms with Gasteiger partial charge in [0.25, 0.3) is 0 Å². The van der Waals surface area contributed by atoms with Crippen LogP contribution in [0.3, 0.4) is 0 Å². The number of hydrogen-bond donors (Lipinski definition) is 1. The minimum Gasteiger partial charge on any atom is -0.548 e. The van der Waals surface area contributed by atoms with E-state index in [0.717, 1.165) is 16.3 Å². The van der Waals surface area contributed by atoms with Crippen LogP contribution < -0.4 is 29.3 Å². The zero-order chi connectivity index (χ0) is 23.3. The summed E-state index contributed by atoms with van der Waals surface area (Å²) in [5.41, 5.74) is 1.60. The predicted molar refractivity (Wildman–Crippen MR) is 116 cm³/mol. The Kier molecular flexibility index (Phi) is 9.50. The molecule has 3 rings (SSSR count). The molecule has 0 unspecified atom stereocenters. The molecule has 0 bridgehead atoms. The van der Waals surface area contributed by atoms with Gasteiger partial charge < -0.3 is 15.2 Å². The van der Waals surface area contributed by atoms with E-state index in [9.17, 15) is 23.5 Å². The van der Waals surface area contributed by atoms with Crippen LogP contribution in [0.4, 0.5) is 8.78 Å². The van der Waals surface area contributed by atoms with E-state index in [0.29, 0.717) is 29.6 Å². The number of carboxylic acids is 1. The molecule has 0 spiro atoms. The minimum atomic E-state index is -3.97. The molecule has 0 radical (unpaired) electrons. The molecule has 12 heteroatoms. The van der Waals surface area contributed by atoms with Gasteiger partial charge in [0.15, 0.2) is 5.16 Å². The van der Waals surface area contributed by atoms with E-state index in [1.807, 2.05) is 30.3 Å². The number of aromatic nitrogens is 2. The van der Waals surface area contributed by atoms with Crippen molar-refractivity contribution in [2.75, 3.05) is 6.54 Å². The Morgan fingerprint density at radius 2 is 1.94 bits per heavy atom. The normalized spacial score (nSPS) is 11.0. The van der Waals surface area contributed by atoms with Gasteiger partial charge in [-0.2, -0.15) is 14.0 Å². The van der Waals surface area contributed by atoms with Gasteiger partial charge in [-0.1, -0.05) is 30.3 Å². The van der Waals surface area contributed by atoms with Crippen molar-refractivity contribution in [3.8, 4) is 11.8 Å². The maximum absolute atomic E-state index is 14.5. The van der Waals surface area contributed by atoms with Crippen LogP contribution in [0.2, 0.25) is 0 Å². The summed E-state index contributed by atoms with van der Waals surface area (Å²) < 4.78 is 30.8. The summed E-state index contributed by atoms with van der Waals surface area (Å²) in [6, 6.07) is 13.2. The van der Waals surface area contributed by atoms with E-state index in [1.54, 1.807) is 11.4 Å². The molecule has 7 nitrogen and oxygen atoms in total. The number of benzene rings is 2. The first-order chi connectivity index (χ1) is 15.2. The number of halogens is 3. The van der Waals surface area contributed by atoms with Gasteiger partial charge in [-0.15, -0.1) is 0 Å². The second-order valence-electron chi connectivity index (χ2n) is 6.67. The fourth-order valence-corrected chi connectivity index (χ4v) is 4.50. The Balaban J connectivity index is 0.00000385. The average molecular weight is 529 g/mol. The maximum Gasteiger partial charge on any atom is 1.00 e. The second-order valence-corrected chi connectivity index (χ2v) is 8.57. The summed E-state index contributed by atoms with van der Waals surface area (Å²) in [7, 11) is 0. The zero-order valence-corrected chi connectivity index (χ0v) is 19.9. The van der Waals surface area contributed by atoms with E-state index in [2.05, 4.69) is 27.0 Å². The minimum absolute atomic E-state index is 0. The molecule has 0 saturated heterocycles. The molecule has 1 aromatic heterocycles. The quantitative estimate of drug-likeness (QED) is 0.241. The molecule has 1 heterocycles. The number of rotatable bonds is 9. The van der Waals surface area contributed by atoms with E-state index >= 15 is 0 Å². The molecule has 166 valence electrons. The van der Waals surface area contributed by atoms with Crippen molar-refractivity contribution in [1.82, 2.24) is 14.9 Å². The van der Waals surface area contributed by atoms with Gasteiger partial charge in [-0.25, -0.2) is 4.98 Å². The predicted octanol–water partition coefficient (Wildman–Crippen LogP) is 0.189. The van der Waals surface area contributed by atoms with Crippen LogP contribution in [0.25, 0.3) is 16.5 Å². The van der Waals surface area contributed by atoms with Crippen LogP contribution in [-0.2, 0) is 16.0 Å². The van der Waals surface area contributed by atoms with Gasteiger partial charge in [0.05, 0.1) is 30.5 Å². The number of hydrogen-bond acceptors (Lipinski definition) is 6. The van der Waals surface area contributed by atoms with Gasteiger partial charge in [-0.05, 0) is 57.5 Å². The summed E-state index contributed by atoms with van der Waals surface area (Å²) in [5.74, 6) is -3.43. The van der Waals surface area contributed by atoms with E-state index in [1.165, 1.54) is 10.8 Å². The van der Waals surface area contributed by atoms with Crippen LogP contribution in [-0.4, -0.2) is 33.2 Å². The molecule has 1 amide bonds. The number of aliphatic carboxylic acids is 1. The number of aryl methyl sites for hydroxylation is 1. The topological polar surface area (TPSA) is 111 Å². The maximum atomic E-state index is 14.5. The average Bonchev–Trinajstić information content (AvgIpc) is 3.11. The summed E-state index contributed by atoms with van der Waals surface area (Å²) in [5, 5.41) is 18.4. The fourth-order valence-electron chi connectivity index (χ4n) is 3.14. The van der Waals surface area contributed by atoms with E-state index in [4.69, 9.17) is 5.26 Å². The number of unbranched alkanes of at least 4 members (excludes halogenated alkanes) is 1. The Morgan fingerprint density at radius 1 is 1.24 bits per heavy atom. The Morgan fingerprint density at radius 3 is 2.61 bits per heavy atom. The Bertz CT molecular complexity index is 1220. The fraction of sp³-hybridized carbons (Fsp3) is 0.238. The first-order valence-electron chi connectivity index (χ1n) is 9.40. The summed E-state index contributed by atoms with van der Waals surface area (Å²) in [4.78, 5) is 26.2. The Hall–Kier alpha value is -2.37. The van der Waals surface area contributed by atoms with Crippen molar-refractivity contribution in [3.05, 3.63) is 52.8 Å². The molecular weight excluding hydrogens is 513 g/mol. The number of carboxylic acid groups (broad SMARTS) is 1. The summed E-state index contributed by atoms with van der Waals surface area (Å²) >= 11 is 3.23. The van der Waals surface area contributed by atoms with E-state index < -0.39 is 23.7 Å². The van der Waals surface area contributed by atoms with Gasteiger partial charge in [0.2, 0.25) is 0 Å². The number of nitrogens with zero attached hydrogens (tertiary/aromatic N) is 3. The van der Waals surface area contributed by atoms with Crippen LogP contribution in [0.1, 0.15) is 18.4 Å². The summed E-state index contributed by atoms with van der Waals surface area (Å²) in [6.07, 6.45) is 3.16. The first-order valence-corrected chi connectivity index (χ1v) is 11.0. The molecule has 33 heavy (non-hydrogen) atoms. The van der Waals surface area contributed by atoms with Crippen molar-refractivity contribution in [3.63, 3.8) is 0 Å². The van der Waals surface area contributed by atoms with Crippen LogP contribution in [0, 0.1) is 11.3 Å². The largest absolute Gasteiger partial charge is 1.00 e. The SMILES string of the molecule is N#CCCCc1ccc(-n2c(Br)cnc2SC(F)(F)C(=O)NCC(=O)[O-])c2ccccc12.[Li+]. The van der Waals surface area contributed by atoms with E-state index in [-0.39, 0.29) is 35.8 Å². The smallest absolute Gasteiger partial charge is 0.548 e. The van der Waals surface area contributed by atoms with Gasteiger partial charge in [-0.3, -0.25) is 9.36 Å². The third-order valence-corrected chi connectivity index (χ3v) is 6.00. The number of imidazole rings is 1. The van der Waals surface area contributed by atoms with Crippen molar-refractivity contribution < 1.29 is 42.3 Å². The number of nitriles is 1. The number of amides is 1.